The van der Waals surface area contributed by atoms with Crippen LogP contribution in [0, 0.1) is 0 Å². The zero-order valence-electron chi connectivity index (χ0n) is 11.2. The highest BCUT2D eigenvalue weighted by molar-refractivity contribution is 5.80. The van der Waals surface area contributed by atoms with Crippen molar-refractivity contribution in [1.82, 2.24) is 10.2 Å². The Bertz CT molecular complexity index is 427. The first-order valence-electron chi connectivity index (χ1n) is 5.90. The third-order valence-corrected chi connectivity index (χ3v) is 2.90. The highest BCUT2D eigenvalue weighted by Crippen LogP contribution is 2.22. The highest BCUT2D eigenvalue weighted by Gasteiger charge is 2.18. The molecule has 0 aliphatic heterocycles. The third-order valence-electron chi connectivity index (χ3n) is 2.90. The standard InChI is InChI=1S/C13H18F2N2O2/c1-9(12(18)16-2)17(3)8-10-6-4-5-7-11(10)19-13(14)15/h4-7,9,13H,8H2,1-3H3,(H,16,18). The first kappa shape index (κ1) is 15.4. The molecule has 0 heterocycles. The molecule has 0 aromatic heterocycles. The van der Waals surface area contributed by atoms with E-state index in [1.165, 1.54) is 6.07 Å². The Morgan fingerprint density at radius 1 is 1.42 bits per heavy atom. The normalized spacial score (nSPS) is 12.6. The van der Waals surface area contributed by atoms with Crippen molar-refractivity contribution in [3.63, 3.8) is 0 Å². The Balaban J connectivity index is 2.78. The molecule has 0 fully saturated rings. The van der Waals surface area contributed by atoms with Crippen molar-refractivity contribution in [1.29, 1.82) is 0 Å². The molecule has 6 heteroatoms. The third kappa shape index (κ3) is 4.48. The van der Waals surface area contributed by atoms with E-state index in [-0.39, 0.29) is 17.7 Å². The molecule has 106 valence electrons. The number of para-hydroxylation sites is 1. The van der Waals surface area contributed by atoms with Crippen molar-refractivity contribution in [3.05, 3.63) is 29.8 Å². The second kappa shape index (κ2) is 7.04. The first-order chi connectivity index (χ1) is 8.95. The molecule has 0 aliphatic carbocycles. The molecule has 0 saturated heterocycles. The summed E-state index contributed by atoms with van der Waals surface area (Å²) < 4.78 is 29.0. The number of alkyl halides is 2. The van der Waals surface area contributed by atoms with Gasteiger partial charge in [0, 0.05) is 19.2 Å². The fourth-order valence-electron chi connectivity index (χ4n) is 1.66. The Morgan fingerprint density at radius 3 is 2.63 bits per heavy atom. The van der Waals surface area contributed by atoms with E-state index in [1.807, 2.05) is 0 Å². The highest BCUT2D eigenvalue weighted by atomic mass is 19.3. The van der Waals surface area contributed by atoms with Gasteiger partial charge in [0.1, 0.15) is 5.75 Å². The van der Waals surface area contributed by atoms with Crippen molar-refractivity contribution in [3.8, 4) is 5.75 Å². The summed E-state index contributed by atoms with van der Waals surface area (Å²) in [6, 6.07) is 6.20. The lowest BCUT2D eigenvalue weighted by atomic mass is 10.1. The molecule has 1 atom stereocenters. The summed E-state index contributed by atoms with van der Waals surface area (Å²) in [5.41, 5.74) is 0.612. The van der Waals surface area contributed by atoms with Gasteiger partial charge in [-0.15, -0.1) is 0 Å². The number of rotatable bonds is 6. The van der Waals surface area contributed by atoms with Gasteiger partial charge in [0.2, 0.25) is 5.91 Å². The summed E-state index contributed by atoms with van der Waals surface area (Å²) in [5, 5.41) is 2.55. The topological polar surface area (TPSA) is 41.6 Å². The van der Waals surface area contributed by atoms with Crippen molar-refractivity contribution in [2.24, 2.45) is 0 Å². The number of carbonyl (C=O) groups is 1. The molecule has 1 amide bonds. The maximum atomic E-state index is 12.3. The molecule has 4 nitrogen and oxygen atoms in total. The summed E-state index contributed by atoms with van der Waals surface area (Å²) in [6.45, 7) is -0.768. The van der Waals surface area contributed by atoms with E-state index < -0.39 is 6.61 Å². The number of hydrogen-bond acceptors (Lipinski definition) is 3. The van der Waals surface area contributed by atoms with Gasteiger partial charge in [-0.3, -0.25) is 9.69 Å². The van der Waals surface area contributed by atoms with Crippen molar-refractivity contribution in [2.75, 3.05) is 14.1 Å². The molecule has 0 radical (unpaired) electrons. The molecule has 0 saturated carbocycles. The minimum Gasteiger partial charge on any atom is -0.434 e. The molecule has 19 heavy (non-hydrogen) atoms. The minimum atomic E-state index is -2.86. The van der Waals surface area contributed by atoms with Crippen molar-refractivity contribution >= 4 is 5.91 Å². The van der Waals surface area contributed by atoms with Crippen LogP contribution < -0.4 is 10.1 Å². The quantitative estimate of drug-likeness (QED) is 0.859. The molecular formula is C13H18F2N2O2. The predicted octanol–water partition coefficient (Wildman–Crippen LogP) is 1.85. The second-order valence-electron chi connectivity index (χ2n) is 4.19. The van der Waals surface area contributed by atoms with Gasteiger partial charge in [-0.2, -0.15) is 8.78 Å². The predicted molar refractivity (Wildman–Crippen MR) is 68.1 cm³/mol. The summed E-state index contributed by atoms with van der Waals surface area (Å²) in [4.78, 5) is 13.3. The van der Waals surface area contributed by atoms with Crippen LogP contribution in [-0.4, -0.2) is 37.6 Å². The van der Waals surface area contributed by atoms with Crippen molar-refractivity contribution < 1.29 is 18.3 Å². The SMILES string of the molecule is CNC(=O)C(C)N(C)Cc1ccccc1OC(F)F. The van der Waals surface area contributed by atoms with Gasteiger partial charge in [-0.25, -0.2) is 0 Å². The number of hydrogen-bond donors (Lipinski definition) is 1. The zero-order chi connectivity index (χ0) is 14.4. The van der Waals surface area contributed by atoms with Gasteiger partial charge in [0.05, 0.1) is 6.04 Å². The van der Waals surface area contributed by atoms with E-state index in [0.717, 1.165) is 0 Å². The van der Waals surface area contributed by atoms with E-state index in [4.69, 9.17) is 0 Å². The first-order valence-corrected chi connectivity index (χ1v) is 5.90. The van der Waals surface area contributed by atoms with Gasteiger partial charge in [-0.1, -0.05) is 18.2 Å². The van der Waals surface area contributed by atoms with Gasteiger partial charge < -0.3 is 10.1 Å². The molecule has 1 N–H and O–H groups in total. The van der Waals surface area contributed by atoms with Crippen LogP contribution in [0.15, 0.2) is 24.3 Å². The molecule has 1 unspecified atom stereocenters. The maximum Gasteiger partial charge on any atom is 0.387 e. The minimum absolute atomic E-state index is 0.130. The van der Waals surface area contributed by atoms with Gasteiger partial charge in [0.25, 0.3) is 0 Å². The number of carbonyl (C=O) groups excluding carboxylic acids is 1. The lowest BCUT2D eigenvalue weighted by Crippen LogP contribution is -2.41. The van der Waals surface area contributed by atoms with Crippen LogP contribution in [0.4, 0.5) is 8.78 Å². The fraction of sp³-hybridized carbons (Fsp3) is 0.462. The van der Waals surface area contributed by atoms with Gasteiger partial charge >= 0.3 is 6.61 Å². The average molecular weight is 272 g/mol. The Kier molecular flexibility index (Phi) is 5.69. The molecule has 0 spiro atoms. The molecule has 1 aromatic rings. The number of halogens is 2. The second-order valence-corrected chi connectivity index (χ2v) is 4.19. The summed E-state index contributed by atoms with van der Waals surface area (Å²) >= 11 is 0. The maximum absolute atomic E-state index is 12.3. The van der Waals surface area contributed by atoms with Crippen LogP contribution in [-0.2, 0) is 11.3 Å². The molecule has 1 aromatic carbocycles. The Morgan fingerprint density at radius 2 is 2.05 bits per heavy atom. The molecule has 0 aliphatic rings. The van der Waals surface area contributed by atoms with Gasteiger partial charge in [-0.05, 0) is 20.0 Å². The van der Waals surface area contributed by atoms with Crippen LogP contribution in [0.5, 0.6) is 5.75 Å². The molecule has 1 rings (SSSR count). The fourth-order valence-corrected chi connectivity index (χ4v) is 1.66. The Hall–Kier alpha value is -1.69. The van der Waals surface area contributed by atoms with Crippen LogP contribution in [0.3, 0.4) is 0 Å². The van der Waals surface area contributed by atoms with Crippen LogP contribution in [0.1, 0.15) is 12.5 Å². The smallest absolute Gasteiger partial charge is 0.387 e. The lowest BCUT2D eigenvalue weighted by Gasteiger charge is -2.24. The lowest BCUT2D eigenvalue weighted by molar-refractivity contribution is -0.125. The molecular weight excluding hydrogens is 254 g/mol. The zero-order valence-corrected chi connectivity index (χ0v) is 11.2. The average Bonchev–Trinajstić information content (AvgIpc) is 2.38. The number of ether oxygens (including phenoxy) is 1. The number of nitrogens with zero attached hydrogens (tertiary/aromatic N) is 1. The van der Waals surface area contributed by atoms with Crippen LogP contribution in [0.2, 0.25) is 0 Å². The number of benzene rings is 1. The van der Waals surface area contributed by atoms with E-state index in [1.54, 1.807) is 44.1 Å². The van der Waals surface area contributed by atoms with Crippen molar-refractivity contribution in [2.45, 2.75) is 26.1 Å². The van der Waals surface area contributed by atoms with E-state index in [9.17, 15) is 13.6 Å². The summed E-state index contributed by atoms with van der Waals surface area (Å²) in [5.74, 6) is 0.00298. The number of amides is 1. The summed E-state index contributed by atoms with van der Waals surface area (Å²) in [7, 11) is 3.31. The monoisotopic (exact) mass is 272 g/mol. The van der Waals surface area contributed by atoms with Gasteiger partial charge in [0.15, 0.2) is 0 Å². The van der Waals surface area contributed by atoms with E-state index >= 15 is 0 Å². The van der Waals surface area contributed by atoms with Crippen LogP contribution in [0.25, 0.3) is 0 Å². The van der Waals surface area contributed by atoms with E-state index in [2.05, 4.69) is 10.1 Å². The number of likely N-dealkylation sites (N-methyl/N-ethyl adjacent to an activating group) is 2. The molecule has 0 bridgehead atoms. The van der Waals surface area contributed by atoms with E-state index in [0.29, 0.717) is 12.1 Å². The summed E-state index contributed by atoms with van der Waals surface area (Å²) in [6.07, 6.45) is 0. The largest absolute Gasteiger partial charge is 0.434 e. The van der Waals surface area contributed by atoms with Crippen LogP contribution >= 0.6 is 0 Å². The number of nitrogens with one attached hydrogen (secondary N) is 1. The Labute approximate surface area is 111 Å².